The molecule has 1 aromatic carbocycles. The number of carbonyl (C=O) groups is 1. The summed E-state index contributed by atoms with van der Waals surface area (Å²) in [6.07, 6.45) is 1.89. The van der Waals surface area contributed by atoms with Crippen LogP contribution in [-0.4, -0.2) is 34.7 Å². The number of nitrogens with zero attached hydrogens (tertiary/aromatic N) is 1. The van der Waals surface area contributed by atoms with E-state index in [0.29, 0.717) is 6.04 Å². The zero-order valence-electron chi connectivity index (χ0n) is 13.2. The van der Waals surface area contributed by atoms with Gasteiger partial charge in [0, 0.05) is 29.1 Å². The molecule has 1 heterocycles. The molecule has 3 unspecified atom stereocenters. The van der Waals surface area contributed by atoms with Gasteiger partial charge < -0.3 is 10.6 Å². The lowest BCUT2D eigenvalue weighted by atomic mass is 10.0. The van der Waals surface area contributed by atoms with Crippen molar-refractivity contribution in [3.63, 3.8) is 0 Å². The van der Waals surface area contributed by atoms with Crippen molar-refractivity contribution in [2.45, 2.75) is 48.9 Å². The molecule has 0 spiro atoms. The summed E-state index contributed by atoms with van der Waals surface area (Å²) in [6, 6.07) is 6.93. The first-order chi connectivity index (χ1) is 10.5. The number of halogens is 1. The Labute approximate surface area is 146 Å². The number of non-ortho nitro benzene ring substituents is 1. The second-order valence-corrected chi connectivity index (χ2v) is 7.01. The number of thioether (sulfide) groups is 1. The number of amides is 1. The van der Waals surface area contributed by atoms with Gasteiger partial charge in [-0.2, -0.15) is 0 Å². The van der Waals surface area contributed by atoms with Crippen LogP contribution < -0.4 is 10.6 Å². The Balaban J connectivity index is 0.00000264. The number of hydrogen-bond donors (Lipinski definition) is 2. The van der Waals surface area contributed by atoms with E-state index in [-0.39, 0.29) is 35.3 Å². The molecule has 0 aromatic heterocycles. The van der Waals surface area contributed by atoms with Crippen molar-refractivity contribution in [3.05, 3.63) is 34.4 Å². The summed E-state index contributed by atoms with van der Waals surface area (Å²) in [5, 5.41) is 16.8. The minimum absolute atomic E-state index is 0. The fourth-order valence-electron chi connectivity index (χ4n) is 2.49. The minimum atomic E-state index is -0.428. The van der Waals surface area contributed by atoms with E-state index in [1.54, 1.807) is 12.1 Å². The predicted octanol–water partition coefficient (Wildman–Crippen LogP) is 2.75. The molecule has 1 aliphatic heterocycles. The first-order valence-corrected chi connectivity index (χ1v) is 8.28. The lowest BCUT2D eigenvalue weighted by molar-refractivity contribution is -0.384. The first kappa shape index (κ1) is 19.7. The van der Waals surface area contributed by atoms with Crippen LogP contribution in [0, 0.1) is 10.1 Å². The van der Waals surface area contributed by atoms with Gasteiger partial charge in [-0.15, -0.1) is 24.2 Å². The normalized spacial score (nSPS) is 21.8. The van der Waals surface area contributed by atoms with E-state index >= 15 is 0 Å². The summed E-state index contributed by atoms with van der Waals surface area (Å²) in [5.41, 5.74) is 0.0603. The fraction of sp³-hybridized carbons (Fsp3) is 0.533. The Hall–Kier alpha value is -1.31. The van der Waals surface area contributed by atoms with Crippen LogP contribution >= 0.6 is 24.2 Å². The summed E-state index contributed by atoms with van der Waals surface area (Å²) >= 11 is 1.41. The van der Waals surface area contributed by atoms with Gasteiger partial charge in [-0.3, -0.25) is 14.9 Å². The van der Waals surface area contributed by atoms with Crippen LogP contribution in [-0.2, 0) is 4.79 Å². The van der Waals surface area contributed by atoms with Crippen molar-refractivity contribution in [2.75, 3.05) is 6.54 Å². The van der Waals surface area contributed by atoms with Crippen LogP contribution in [0.3, 0.4) is 0 Å². The third kappa shape index (κ3) is 6.01. The topological polar surface area (TPSA) is 84.3 Å². The molecule has 23 heavy (non-hydrogen) atoms. The van der Waals surface area contributed by atoms with E-state index < -0.39 is 4.92 Å². The number of benzene rings is 1. The van der Waals surface area contributed by atoms with Crippen LogP contribution in [0.2, 0.25) is 0 Å². The standard InChI is InChI=1S/C15H21N3O3S.ClH/c1-10-9-12(7-8-16-10)17-15(19)11(2)22-14-5-3-13(4-6-14)18(20)21;/h3-6,10-12,16H,7-9H2,1-2H3,(H,17,19);1H. The van der Waals surface area contributed by atoms with E-state index in [1.807, 2.05) is 6.92 Å². The third-order valence-corrected chi connectivity index (χ3v) is 4.81. The van der Waals surface area contributed by atoms with E-state index in [1.165, 1.54) is 23.9 Å². The number of piperidine rings is 1. The molecule has 3 atom stereocenters. The largest absolute Gasteiger partial charge is 0.352 e. The number of nitro groups is 1. The van der Waals surface area contributed by atoms with Gasteiger partial charge in [0.05, 0.1) is 10.2 Å². The highest BCUT2D eigenvalue weighted by atomic mass is 35.5. The predicted molar refractivity (Wildman–Crippen MR) is 94.3 cm³/mol. The van der Waals surface area contributed by atoms with Gasteiger partial charge in [0.15, 0.2) is 0 Å². The van der Waals surface area contributed by atoms with Crippen LogP contribution in [0.25, 0.3) is 0 Å². The van der Waals surface area contributed by atoms with Gasteiger partial charge in [-0.1, -0.05) is 0 Å². The Bertz CT molecular complexity index is 541. The second kappa shape index (κ2) is 9.10. The van der Waals surface area contributed by atoms with Crippen LogP contribution in [0.5, 0.6) is 0 Å². The van der Waals surface area contributed by atoms with Crippen molar-refractivity contribution >= 4 is 35.8 Å². The molecule has 1 aromatic rings. The number of hydrogen-bond acceptors (Lipinski definition) is 5. The maximum atomic E-state index is 12.2. The number of rotatable bonds is 5. The fourth-order valence-corrected chi connectivity index (χ4v) is 3.36. The molecular formula is C15H22ClN3O3S. The average Bonchev–Trinajstić information content (AvgIpc) is 2.47. The molecule has 0 bridgehead atoms. The quantitative estimate of drug-likeness (QED) is 0.479. The van der Waals surface area contributed by atoms with Gasteiger partial charge in [0.2, 0.25) is 5.91 Å². The van der Waals surface area contributed by atoms with E-state index in [4.69, 9.17) is 0 Å². The van der Waals surface area contributed by atoms with Crippen molar-refractivity contribution in [2.24, 2.45) is 0 Å². The van der Waals surface area contributed by atoms with Crippen molar-refractivity contribution < 1.29 is 9.72 Å². The number of nitrogens with one attached hydrogen (secondary N) is 2. The first-order valence-electron chi connectivity index (χ1n) is 7.40. The third-order valence-electron chi connectivity index (χ3n) is 3.70. The van der Waals surface area contributed by atoms with E-state index in [9.17, 15) is 14.9 Å². The maximum Gasteiger partial charge on any atom is 0.269 e. The highest BCUT2D eigenvalue weighted by Gasteiger charge is 2.22. The molecule has 2 N–H and O–H groups in total. The molecular weight excluding hydrogens is 338 g/mol. The second-order valence-electron chi connectivity index (χ2n) is 5.60. The zero-order valence-corrected chi connectivity index (χ0v) is 14.8. The summed E-state index contributed by atoms with van der Waals surface area (Å²) in [5.74, 6) is 0.0162. The van der Waals surface area contributed by atoms with Crippen molar-refractivity contribution in [1.82, 2.24) is 10.6 Å². The Morgan fingerprint density at radius 1 is 1.43 bits per heavy atom. The molecule has 6 nitrogen and oxygen atoms in total. The SMILES string of the molecule is CC1CC(NC(=O)C(C)Sc2ccc([N+](=O)[O-])cc2)CCN1.Cl. The monoisotopic (exact) mass is 359 g/mol. The van der Waals surface area contributed by atoms with Gasteiger partial charge in [0.25, 0.3) is 5.69 Å². The average molecular weight is 360 g/mol. The van der Waals surface area contributed by atoms with Gasteiger partial charge >= 0.3 is 0 Å². The summed E-state index contributed by atoms with van der Waals surface area (Å²) < 4.78 is 0. The molecule has 0 aliphatic carbocycles. The van der Waals surface area contributed by atoms with Crippen LogP contribution in [0.1, 0.15) is 26.7 Å². The Kier molecular flexibility index (Phi) is 7.81. The molecule has 1 amide bonds. The molecule has 1 saturated heterocycles. The van der Waals surface area contributed by atoms with Crippen molar-refractivity contribution in [1.29, 1.82) is 0 Å². The summed E-state index contributed by atoms with van der Waals surface area (Å²) in [6.45, 7) is 4.90. The smallest absolute Gasteiger partial charge is 0.269 e. The summed E-state index contributed by atoms with van der Waals surface area (Å²) in [7, 11) is 0. The van der Waals surface area contributed by atoms with Gasteiger partial charge in [-0.05, 0) is 45.4 Å². The maximum absolute atomic E-state index is 12.2. The lowest BCUT2D eigenvalue weighted by Crippen LogP contribution is -2.48. The van der Waals surface area contributed by atoms with Gasteiger partial charge in [0.1, 0.15) is 0 Å². The van der Waals surface area contributed by atoms with E-state index in [0.717, 1.165) is 24.3 Å². The Morgan fingerprint density at radius 3 is 2.65 bits per heavy atom. The van der Waals surface area contributed by atoms with Crippen molar-refractivity contribution in [3.8, 4) is 0 Å². The number of nitro benzene ring substituents is 1. The highest BCUT2D eigenvalue weighted by Crippen LogP contribution is 2.25. The molecule has 2 rings (SSSR count). The molecule has 128 valence electrons. The molecule has 0 saturated carbocycles. The molecule has 1 fully saturated rings. The minimum Gasteiger partial charge on any atom is -0.352 e. The zero-order chi connectivity index (χ0) is 16.1. The van der Waals surface area contributed by atoms with Crippen LogP contribution in [0.15, 0.2) is 29.2 Å². The highest BCUT2D eigenvalue weighted by molar-refractivity contribution is 8.00. The lowest BCUT2D eigenvalue weighted by Gasteiger charge is -2.29. The molecule has 8 heteroatoms. The van der Waals surface area contributed by atoms with Crippen LogP contribution in [0.4, 0.5) is 5.69 Å². The van der Waals surface area contributed by atoms with Gasteiger partial charge in [-0.25, -0.2) is 0 Å². The summed E-state index contributed by atoms with van der Waals surface area (Å²) in [4.78, 5) is 23.3. The molecule has 1 aliphatic rings. The van der Waals surface area contributed by atoms with E-state index in [2.05, 4.69) is 17.6 Å². The molecule has 0 radical (unpaired) electrons. The Morgan fingerprint density at radius 2 is 2.09 bits per heavy atom. The number of carbonyl (C=O) groups excluding carboxylic acids is 1.